The fourth-order valence-corrected chi connectivity index (χ4v) is 2.52. The summed E-state index contributed by atoms with van der Waals surface area (Å²) >= 11 is 0. The van der Waals surface area contributed by atoms with E-state index in [2.05, 4.69) is 10.6 Å². The molecule has 0 unspecified atom stereocenters. The molecular weight excluding hydrogens is 204 g/mol. The second-order valence-corrected chi connectivity index (χ2v) is 5.23. The van der Waals surface area contributed by atoms with Crippen molar-refractivity contribution in [1.82, 2.24) is 10.6 Å². The molecule has 0 saturated heterocycles. The third-order valence-corrected chi connectivity index (χ3v) is 3.74. The van der Waals surface area contributed by atoms with Crippen LogP contribution in [0.5, 0.6) is 0 Å². The van der Waals surface area contributed by atoms with Crippen LogP contribution >= 0.6 is 0 Å². The van der Waals surface area contributed by atoms with E-state index in [1.54, 1.807) is 0 Å². The monoisotopic (exact) mass is 226 g/mol. The van der Waals surface area contributed by atoms with E-state index < -0.39 is 5.60 Å². The van der Waals surface area contributed by atoms with Crippen LogP contribution in [0.15, 0.2) is 0 Å². The van der Waals surface area contributed by atoms with Crippen molar-refractivity contribution < 1.29 is 9.90 Å². The van der Waals surface area contributed by atoms with Gasteiger partial charge in [-0.05, 0) is 32.1 Å². The molecule has 2 saturated carbocycles. The van der Waals surface area contributed by atoms with Gasteiger partial charge in [-0.1, -0.05) is 12.8 Å². The highest BCUT2D eigenvalue weighted by Crippen LogP contribution is 2.30. The van der Waals surface area contributed by atoms with E-state index in [-0.39, 0.29) is 5.91 Å². The lowest BCUT2D eigenvalue weighted by atomic mass is 9.80. The van der Waals surface area contributed by atoms with E-state index in [0.717, 1.165) is 32.1 Å². The van der Waals surface area contributed by atoms with Crippen LogP contribution in [0, 0.1) is 0 Å². The van der Waals surface area contributed by atoms with E-state index >= 15 is 0 Å². The summed E-state index contributed by atoms with van der Waals surface area (Å²) in [6.07, 6.45) is 7.54. The fraction of sp³-hybridized carbons (Fsp3) is 0.917. The van der Waals surface area contributed by atoms with Gasteiger partial charge in [-0.15, -0.1) is 0 Å². The molecule has 4 heteroatoms. The summed E-state index contributed by atoms with van der Waals surface area (Å²) in [4.78, 5) is 11.5. The van der Waals surface area contributed by atoms with Gasteiger partial charge in [0.2, 0.25) is 5.91 Å². The predicted octanol–water partition coefficient (Wildman–Crippen LogP) is 0.550. The zero-order chi connectivity index (χ0) is 11.4. The van der Waals surface area contributed by atoms with Crippen LogP contribution < -0.4 is 10.6 Å². The van der Waals surface area contributed by atoms with Gasteiger partial charge in [0, 0.05) is 12.6 Å². The average Bonchev–Trinajstić information content (AvgIpc) is 2.68. The average molecular weight is 226 g/mol. The summed E-state index contributed by atoms with van der Waals surface area (Å²) in [5, 5.41) is 15.9. The molecule has 4 nitrogen and oxygen atoms in total. The first-order valence-corrected chi connectivity index (χ1v) is 6.40. The molecule has 0 aromatic rings. The lowest BCUT2D eigenvalue weighted by Gasteiger charge is -2.36. The minimum Gasteiger partial charge on any atom is -0.389 e. The summed E-state index contributed by atoms with van der Waals surface area (Å²) in [5.41, 5.74) is -0.534. The molecule has 16 heavy (non-hydrogen) atoms. The van der Waals surface area contributed by atoms with Crippen LogP contribution in [0.1, 0.15) is 44.9 Å². The molecule has 1 amide bonds. The van der Waals surface area contributed by atoms with E-state index in [1.807, 2.05) is 0 Å². The van der Waals surface area contributed by atoms with Crippen LogP contribution in [0.25, 0.3) is 0 Å². The topological polar surface area (TPSA) is 61.4 Å². The molecule has 2 aliphatic carbocycles. The van der Waals surface area contributed by atoms with Gasteiger partial charge in [0.05, 0.1) is 12.1 Å². The zero-order valence-electron chi connectivity index (χ0n) is 9.80. The molecule has 0 atom stereocenters. The molecule has 0 bridgehead atoms. The molecular formula is C12H22N2O2. The second kappa shape index (κ2) is 5.15. The molecule has 0 aromatic heterocycles. The number of nitrogens with one attached hydrogen (secondary N) is 2. The largest absolute Gasteiger partial charge is 0.389 e. The smallest absolute Gasteiger partial charge is 0.234 e. The van der Waals surface area contributed by atoms with Crippen molar-refractivity contribution in [2.75, 3.05) is 13.1 Å². The number of aliphatic hydroxyl groups is 1. The molecule has 0 aliphatic heterocycles. The maximum atomic E-state index is 11.5. The first kappa shape index (κ1) is 11.9. The predicted molar refractivity (Wildman–Crippen MR) is 62.1 cm³/mol. The highest BCUT2D eigenvalue weighted by Gasteiger charge is 2.33. The number of carbonyl (C=O) groups excluding carboxylic acids is 1. The van der Waals surface area contributed by atoms with Crippen LogP contribution in [0.4, 0.5) is 0 Å². The summed E-state index contributed by atoms with van der Waals surface area (Å²) < 4.78 is 0. The third kappa shape index (κ3) is 3.19. The Kier molecular flexibility index (Phi) is 3.82. The summed E-state index contributed by atoms with van der Waals surface area (Å²) in [6, 6.07) is 0.390. The summed E-state index contributed by atoms with van der Waals surface area (Å²) in [5.74, 6) is 0.0647. The Hall–Kier alpha value is -0.610. The Balaban J connectivity index is 1.56. The molecule has 2 fully saturated rings. The van der Waals surface area contributed by atoms with Crippen molar-refractivity contribution in [3.63, 3.8) is 0 Å². The van der Waals surface area contributed by atoms with Gasteiger partial charge in [-0.25, -0.2) is 0 Å². The third-order valence-electron chi connectivity index (χ3n) is 3.74. The fourth-order valence-electron chi connectivity index (χ4n) is 2.52. The summed E-state index contributed by atoms with van der Waals surface area (Å²) in [7, 11) is 0. The van der Waals surface area contributed by atoms with E-state index in [0.29, 0.717) is 19.1 Å². The Bertz CT molecular complexity index is 245. The van der Waals surface area contributed by atoms with Gasteiger partial charge in [-0.3, -0.25) is 4.79 Å². The maximum absolute atomic E-state index is 11.5. The van der Waals surface area contributed by atoms with Gasteiger partial charge >= 0.3 is 0 Å². The minimum absolute atomic E-state index is 0.0647. The van der Waals surface area contributed by atoms with Gasteiger partial charge < -0.3 is 15.7 Å². The van der Waals surface area contributed by atoms with Gasteiger partial charge in [-0.2, -0.15) is 0 Å². The molecule has 2 rings (SSSR count). The Labute approximate surface area is 96.8 Å². The van der Waals surface area contributed by atoms with Crippen molar-refractivity contribution in [2.24, 2.45) is 0 Å². The Morgan fingerprint density at radius 1 is 1.25 bits per heavy atom. The highest BCUT2D eigenvalue weighted by atomic mass is 16.3. The van der Waals surface area contributed by atoms with Gasteiger partial charge in [0.1, 0.15) is 0 Å². The molecule has 0 spiro atoms. The van der Waals surface area contributed by atoms with Crippen molar-refractivity contribution in [2.45, 2.75) is 56.6 Å². The number of amides is 1. The molecule has 0 radical (unpaired) electrons. The van der Waals surface area contributed by atoms with Gasteiger partial charge in [0.25, 0.3) is 0 Å². The second-order valence-electron chi connectivity index (χ2n) is 5.23. The molecule has 2 aliphatic rings. The van der Waals surface area contributed by atoms with E-state index in [4.69, 9.17) is 0 Å². The van der Waals surface area contributed by atoms with Crippen LogP contribution in [-0.2, 0) is 4.79 Å². The van der Waals surface area contributed by atoms with Crippen molar-refractivity contribution in [3.8, 4) is 0 Å². The SMILES string of the molecule is O=C(CNCC1(O)CCC1)NC1CCCC1. The summed E-state index contributed by atoms with van der Waals surface area (Å²) in [6.45, 7) is 0.879. The first-order chi connectivity index (χ1) is 7.68. The van der Waals surface area contributed by atoms with Gasteiger partial charge in [0.15, 0.2) is 0 Å². The zero-order valence-corrected chi connectivity index (χ0v) is 9.80. The minimum atomic E-state index is -0.534. The number of rotatable bonds is 5. The first-order valence-electron chi connectivity index (χ1n) is 6.40. The molecule has 3 N–H and O–H groups in total. The van der Waals surface area contributed by atoms with Crippen LogP contribution in [0.3, 0.4) is 0 Å². The number of hydrogen-bond acceptors (Lipinski definition) is 3. The quantitative estimate of drug-likeness (QED) is 0.641. The standard InChI is InChI=1S/C12H22N2O2/c15-11(14-10-4-1-2-5-10)8-13-9-12(16)6-3-7-12/h10,13,16H,1-9H2,(H,14,15). The normalized spacial score (nSPS) is 24.1. The molecule has 92 valence electrons. The molecule has 0 heterocycles. The lowest BCUT2D eigenvalue weighted by molar-refractivity contribution is -0.121. The highest BCUT2D eigenvalue weighted by molar-refractivity contribution is 5.78. The number of hydrogen-bond donors (Lipinski definition) is 3. The van der Waals surface area contributed by atoms with E-state index in [9.17, 15) is 9.90 Å². The molecule has 0 aromatic carbocycles. The van der Waals surface area contributed by atoms with E-state index in [1.165, 1.54) is 12.8 Å². The van der Waals surface area contributed by atoms with Crippen LogP contribution in [0.2, 0.25) is 0 Å². The lowest BCUT2D eigenvalue weighted by Crippen LogP contribution is -2.49. The van der Waals surface area contributed by atoms with Crippen molar-refractivity contribution in [1.29, 1.82) is 0 Å². The maximum Gasteiger partial charge on any atom is 0.234 e. The van der Waals surface area contributed by atoms with Crippen molar-refractivity contribution in [3.05, 3.63) is 0 Å². The van der Waals surface area contributed by atoms with Crippen LogP contribution in [-0.4, -0.2) is 35.7 Å². The Morgan fingerprint density at radius 2 is 1.94 bits per heavy atom. The Morgan fingerprint density at radius 3 is 2.50 bits per heavy atom. The van der Waals surface area contributed by atoms with Crippen molar-refractivity contribution >= 4 is 5.91 Å². The number of carbonyl (C=O) groups is 1.